The van der Waals surface area contributed by atoms with Crippen molar-refractivity contribution in [1.29, 1.82) is 0 Å². The summed E-state index contributed by atoms with van der Waals surface area (Å²) in [7, 11) is 0. The largest absolute Gasteiger partial charge is 0.455 e. The Kier molecular flexibility index (Phi) is 8.04. The Bertz CT molecular complexity index is 3200. The third-order valence-corrected chi connectivity index (χ3v) is 12.2. The van der Waals surface area contributed by atoms with Gasteiger partial charge in [-0.3, -0.25) is 0 Å². The first-order valence-electron chi connectivity index (χ1n) is 19.3. The fourth-order valence-corrected chi connectivity index (χ4v) is 9.46. The van der Waals surface area contributed by atoms with E-state index in [1.165, 1.54) is 42.4 Å². The maximum atomic E-state index is 6.50. The van der Waals surface area contributed by atoms with E-state index in [1.807, 2.05) is 17.4 Å². The van der Waals surface area contributed by atoms with Gasteiger partial charge in [-0.2, -0.15) is 0 Å². The molecule has 57 heavy (non-hydrogen) atoms. The second-order valence-corrected chi connectivity index (χ2v) is 15.6. The van der Waals surface area contributed by atoms with Gasteiger partial charge in [-0.25, -0.2) is 0 Å². The van der Waals surface area contributed by atoms with Crippen molar-refractivity contribution < 1.29 is 4.42 Å². The van der Waals surface area contributed by atoms with E-state index in [9.17, 15) is 0 Å². The molecule has 0 aliphatic rings. The lowest BCUT2D eigenvalue weighted by atomic mass is 9.99. The number of furan rings is 1. The van der Waals surface area contributed by atoms with Gasteiger partial charge in [0.15, 0.2) is 0 Å². The molecule has 0 N–H and O–H groups in total. The van der Waals surface area contributed by atoms with E-state index in [1.54, 1.807) is 0 Å². The highest BCUT2D eigenvalue weighted by atomic mass is 32.1. The van der Waals surface area contributed by atoms with Gasteiger partial charge in [0.1, 0.15) is 11.2 Å². The van der Waals surface area contributed by atoms with Crippen LogP contribution in [0, 0.1) is 0 Å². The minimum Gasteiger partial charge on any atom is -0.455 e. The molecule has 0 aliphatic heterocycles. The summed E-state index contributed by atoms with van der Waals surface area (Å²) in [6.45, 7) is 0. The van der Waals surface area contributed by atoms with E-state index in [4.69, 9.17) is 4.42 Å². The second-order valence-electron chi connectivity index (χ2n) is 14.5. The maximum Gasteiger partial charge on any atom is 0.143 e. The molecule has 0 radical (unpaired) electrons. The minimum absolute atomic E-state index is 0.894. The van der Waals surface area contributed by atoms with Crippen molar-refractivity contribution in [3.8, 4) is 44.5 Å². The van der Waals surface area contributed by atoms with Gasteiger partial charge >= 0.3 is 0 Å². The number of fused-ring (bicyclic) bond motifs is 6. The number of hydrogen-bond donors (Lipinski definition) is 0. The molecule has 0 fully saturated rings. The van der Waals surface area contributed by atoms with Crippen LogP contribution in [0.4, 0.5) is 17.1 Å². The zero-order valence-corrected chi connectivity index (χ0v) is 31.8. The number of rotatable bonds is 7. The average Bonchev–Trinajstić information content (AvgIpc) is 3.86. The maximum absolute atomic E-state index is 6.50. The van der Waals surface area contributed by atoms with Crippen LogP contribution >= 0.6 is 11.3 Å². The first-order chi connectivity index (χ1) is 28.2. The fraction of sp³-hybridized carbons (Fsp3) is 0. The number of nitrogens with zero attached hydrogens (tertiary/aromatic N) is 1. The second kappa shape index (κ2) is 13.8. The van der Waals surface area contributed by atoms with Crippen molar-refractivity contribution >= 4 is 70.5 Å². The number of anilines is 3. The summed E-state index contributed by atoms with van der Waals surface area (Å²) < 4.78 is 9.05. The van der Waals surface area contributed by atoms with Gasteiger partial charge in [0, 0.05) is 47.9 Å². The Morgan fingerprint density at radius 2 is 0.895 bits per heavy atom. The molecule has 0 saturated carbocycles. The van der Waals surface area contributed by atoms with Crippen LogP contribution in [-0.4, -0.2) is 0 Å². The van der Waals surface area contributed by atoms with Gasteiger partial charge in [-0.15, -0.1) is 11.3 Å². The summed E-state index contributed by atoms with van der Waals surface area (Å²) in [4.78, 5) is 2.41. The molecule has 11 rings (SSSR count). The van der Waals surface area contributed by atoms with Crippen molar-refractivity contribution in [3.63, 3.8) is 0 Å². The molecule has 268 valence electrons. The lowest BCUT2D eigenvalue weighted by Gasteiger charge is -2.27. The molecule has 0 atom stereocenters. The van der Waals surface area contributed by atoms with E-state index < -0.39 is 0 Å². The van der Waals surface area contributed by atoms with Gasteiger partial charge in [-0.05, 0) is 93.5 Å². The zero-order valence-electron chi connectivity index (χ0n) is 31.0. The number of hydrogen-bond acceptors (Lipinski definition) is 3. The van der Waals surface area contributed by atoms with Crippen LogP contribution in [0.25, 0.3) is 86.6 Å². The summed E-state index contributed by atoms with van der Waals surface area (Å²) in [5, 5.41) is 4.78. The Hall–Kier alpha value is -7.20. The molecule has 0 amide bonds. The summed E-state index contributed by atoms with van der Waals surface area (Å²) >= 11 is 1.86. The molecule has 9 aromatic carbocycles. The third-order valence-electron chi connectivity index (χ3n) is 11.1. The normalized spacial score (nSPS) is 11.5. The standard InChI is InChI=1S/C54H35NOS/c1-4-12-36(13-5-1)38-22-28-43(29-23-38)55(49-20-11-21-51-53(49)47-32-26-42(35-52(47)57-51)37-14-6-2-7-15-37)44-30-24-39(25-31-44)41-27-33-50-48(34-41)46-19-10-18-45(54(46)56-50)40-16-8-3-9-17-40/h1-35H. The predicted octanol–water partition coefficient (Wildman–Crippen LogP) is 16.1. The molecule has 2 heterocycles. The van der Waals surface area contributed by atoms with E-state index in [0.717, 1.165) is 61.3 Å². The molecule has 2 nitrogen and oxygen atoms in total. The van der Waals surface area contributed by atoms with Gasteiger partial charge in [0.05, 0.1) is 5.69 Å². The third kappa shape index (κ3) is 5.88. The van der Waals surface area contributed by atoms with Crippen LogP contribution in [0.1, 0.15) is 0 Å². The van der Waals surface area contributed by atoms with Crippen molar-refractivity contribution in [1.82, 2.24) is 0 Å². The monoisotopic (exact) mass is 745 g/mol. The molecule has 0 spiro atoms. The Labute approximate surface area is 335 Å². The Morgan fingerprint density at radius 3 is 1.58 bits per heavy atom. The van der Waals surface area contributed by atoms with E-state index >= 15 is 0 Å². The lowest BCUT2D eigenvalue weighted by Crippen LogP contribution is -2.10. The molecule has 0 bridgehead atoms. The number of benzene rings is 9. The molecule has 2 aromatic heterocycles. The quantitative estimate of drug-likeness (QED) is 0.162. The molecule has 0 aliphatic carbocycles. The Morgan fingerprint density at radius 1 is 0.351 bits per heavy atom. The lowest BCUT2D eigenvalue weighted by molar-refractivity contribution is 0.670. The van der Waals surface area contributed by atoms with E-state index in [0.29, 0.717) is 0 Å². The van der Waals surface area contributed by atoms with Crippen molar-refractivity contribution in [2.45, 2.75) is 0 Å². The Balaban J connectivity index is 1.02. The van der Waals surface area contributed by atoms with Gasteiger partial charge in [-0.1, -0.05) is 158 Å². The van der Waals surface area contributed by atoms with Crippen LogP contribution in [0.5, 0.6) is 0 Å². The van der Waals surface area contributed by atoms with Crippen molar-refractivity contribution in [2.24, 2.45) is 0 Å². The summed E-state index contributed by atoms with van der Waals surface area (Å²) in [6, 6.07) is 76.3. The number of para-hydroxylation sites is 1. The first kappa shape index (κ1) is 33.2. The van der Waals surface area contributed by atoms with Crippen LogP contribution in [0.2, 0.25) is 0 Å². The van der Waals surface area contributed by atoms with Gasteiger partial charge < -0.3 is 9.32 Å². The smallest absolute Gasteiger partial charge is 0.143 e. The average molecular weight is 746 g/mol. The molecule has 0 saturated heterocycles. The van der Waals surface area contributed by atoms with Crippen molar-refractivity contribution in [2.75, 3.05) is 4.90 Å². The van der Waals surface area contributed by atoms with E-state index in [-0.39, 0.29) is 0 Å². The van der Waals surface area contributed by atoms with Gasteiger partial charge in [0.2, 0.25) is 0 Å². The summed E-state index contributed by atoms with van der Waals surface area (Å²) in [6.07, 6.45) is 0. The zero-order chi connectivity index (χ0) is 37.7. The highest BCUT2D eigenvalue weighted by Gasteiger charge is 2.20. The molecular formula is C54H35NOS. The van der Waals surface area contributed by atoms with Crippen LogP contribution in [-0.2, 0) is 0 Å². The highest BCUT2D eigenvalue weighted by Crippen LogP contribution is 2.46. The molecular weight excluding hydrogens is 711 g/mol. The van der Waals surface area contributed by atoms with Gasteiger partial charge in [0.25, 0.3) is 0 Å². The van der Waals surface area contributed by atoms with Crippen LogP contribution < -0.4 is 4.90 Å². The summed E-state index contributed by atoms with van der Waals surface area (Å²) in [5.41, 5.74) is 14.6. The van der Waals surface area contributed by atoms with Crippen LogP contribution in [0.3, 0.4) is 0 Å². The topological polar surface area (TPSA) is 16.4 Å². The fourth-order valence-electron chi connectivity index (χ4n) is 8.29. The highest BCUT2D eigenvalue weighted by molar-refractivity contribution is 7.26. The van der Waals surface area contributed by atoms with Crippen molar-refractivity contribution in [3.05, 3.63) is 212 Å². The molecule has 0 unspecified atom stereocenters. The molecule has 3 heteroatoms. The van der Waals surface area contributed by atoms with Crippen LogP contribution in [0.15, 0.2) is 217 Å². The number of thiophene rings is 1. The SMILES string of the molecule is c1ccc(-c2ccc(N(c3ccc(-c4ccc5oc6c(-c7ccccc7)cccc6c5c4)cc3)c3cccc4sc5cc(-c6ccccc6)ccc5c34)cc2)cc1. The summed E-state index contributed by atoms with van der Waals surface area (Å²) in [5.74, 6) is 0. The predicted molar refractivity (Wildman–Crippen MR) is 243 cm³/mol. The van der Waals surface area contributed by atoms with E-state index in [2.05, 4.69) is 211 Å². The first-order valence-corrected chi connectivity index (χ1v) is 20.1. The minimum atomic E-state index is 0.894. The molecule has 11 aromatic rings.